The van der Waals surface area contributed by atoms with E-state index in [1.54, 1.807) is 55.4 Å². The molecular weight excluding hydrogens is 301 g/mol. The van der Waals surface area contributed by atoms with Gasteiger partial charge in [0, 0.05) is 46.8 Å². The Balaban J connectivity index is -0.0000000369. The predicted octanol–water partition coefficient (Wildman–Crippen LogP) is 1.55. The van der Waals surface area contributed by atoms with Crippen molar-refractivity contribution in [2.75, 3.05) is 0 Å². The van der Waals surface area contributed by atoms with Crippen molar-refractivity contribution in [3.63, 3.8) is 0 Å². The standard InChI is InChI=1S/4C3H8O.Nb/c4*1-3(2)4;/h4*3-4H,1-2H3;. The maximum absolute atomic E-state index is 8.06. The molecule has 0 rings (SSSR count). The van der Waals surface area contributed by atoms with Gasteiger partial charge < -0.3 is 20.4 Å². The third-order valence-corrected chi connectivity index (χ3v) is 0. The number of hydrogen-bond acceptors (Lipinski definition) is 4. The molecule has 0 aromatic heterocycles. The summed E-state index contributed by atoms with van der Waals surface area (Å²) in [4.78, 5) is 0. The number of aliphatic hydroxyl groups is 4. The molecule has 0 heterocycles. The summed E-state index contributed by atoms with van der Waals surface area (Å²) in [6, 6.07) is 0. The van der Waals surface area contributed by atoms with Gasteiger partial charge >= 0.3 is 0 Å². The SMILES string of the molecule is CC(C)O.CC(C)O.CC(C)O.CC(C)O.[Nb]. The van der Waals surface area contributed by atoms with E-state index in [0.717, 1.165) is 0 Å². The third kappa shape index (κ3) is 10500. The fourth-order valence-electron chi connectivity index (χ4n) is 0. The minimum absolute atomic E-state index is 0. The molecule has 0 aliphatic heterocycles. The molecule has 0 aromatic carbocycles. The van der Waals surface area contributed by atoms with E-state index >= 15 is 0 Å². The normalized spacial score (nSPS) is 8.47. The van der Waals surface area contributed by atoms with E-state index in [-0.39, 0.29) is 46.8 Å². The van der Waals surface area contributed by atoms with Gasteiger partial charge in [-0.05, 0) is 55.4 Å². The van der Waals surface area contributed by atoms with Crippen LogP contribution >= 0.6 is 0 Å². The summed E-state index contributed by atoms with van der Waals surface area (Å²) in [6.07, 6.45) is -0.667. The van der Waals surface area contributed by atoms with Crippen LogP contribution in [0.3, 0.4) is 0 Å². The molecule has 0 aromatic rings. The van der Waals surface area contributed by atoms with Crippen molar-refractivity contribution in [3.8, 4) is 0 Å². The van der Waals surface area contributed by atoms with Crippen LogP contribution in [-0.4, -0.2) is 44.8 Å². The van der Waals surface area contributed by atoms with Crippen molar-refractivity contribution in [1.82, 2.24) is 0 Å². The van der Waals surface area contributed by atoms with Gasteiger partial charge in [-0.3, -0.25) is 0 Å². The fraction of sp³-hybridized carbons (Fsp3) is 1.00. The Hall–Kier alpha value is 0.580. The quantitative estimate of drug-likeness (QED) is 0.507. The van der Waals surface area contributed by atoms with Gasteiger partial charge in [-0.1, -0.05) is 0 Å². The van der Waals surface area contributed by atoms with E-state index in [2.05, 4.69) is 0 Å². The molecule has 109 valence electrons. The van der Waals surface area contributed by atoms with Crippen LogP contribution in [0.15, 0.2) is 0 Å². The number of rotatable bonds is 0. The van der Waals surface area contributed by atoms with E-state index in [0.29, 0.717) is 0 Å². The molecule has 4 N–H and O–H groups in total. The van der Waals surface area contributed by atoms with E-state index in [4.69, 9.17) is 20.4 Å². The molecule has 0 saturated heterocycles. The summed E-state index contributed by atoms with van der Waals surface area (Å²) in [5, 5.41) is 32.2. The van der Waals surface area contributed by atoms with Crippen LogP contribution in [0, 0.1) is 0 Å². The first-order valence-electron chi connectivity index (χ1n) is 5.65. The van der Waals surface area contributed by atoms with Crippen LogP contribution in [0.2, 0.25) is 0 Å². The Bertz CT molecular complexity index is 61.5. The second kappa shape index (κ2) is 25.4. The number of hydrogen-bond donors (Lipinski definition) is 4. The molecule has 0 fully saturated rings. The average Bonchev–Trinajstić information content (AvgIpc) is 1.76. The summed E-state index contributed by atoms with van der Waals surface area (Å²) in [5.41, 5.74) is 0. The first kappa shape index (κ1) is 30.5. The summed E-state index contributed by atoms with van der Waals surface area (Å²) in [6.45, 7) is 13.8. The molecule has 5 heteroatoms. The Labute approximate surface area is 123 Å². The molecule has 4 nitrogen and oxygen atoms in total. The molecule has 0 atom stereocenters. The van der Waals surface area contributed by atoms with Gasteiger partial charge in [0.05, 0.1) is 0 Å². The molecule has 17 heavy (non-hydrogen) atoms. The Morgan fingerprint density at radius 3 is 0.412 bits per heavy atom. The van der Waals surface area contributed by atoms with Crippen molar-refractivity contribution in [2.45, 2.75) is 79.8 Å². The predicted molar refractivity (Wildman–Crippen MR) is 69.4 cm³/mol. The van der Waals surface area contributed by atoms with Crippen LogP contribution in [0.1, 0.15) is 55.4 Å². The average molecular weight is 333 g/mol. The molecule has 0 aliphatic carbocycles. The van der Waals surface area contributed by atoms with Gasteiger partial charge in [0.1, 0.15) is 0 Å². The van der Waals surface area contributed by atoms with E-state index in [1.165, 1.54) is 0 Å². The first-order chi connectivity index (χ1) is 6.93. The third-order valence-electron chi connectivity index (χ3n) is 0. The Kier molecular flexibility index (Phi) is 45.7. The van der Waals surface area contributed by atoms with Crippen LogP contribution < -0.4 is 0 Å². The Morgan fingerprint density at radius 1 is 0.412 bits per heavy atom. The molecule has 0 unspecified atom stereocenters. The van der Waals surface area contributed by atoms with E-state index < -0.39 is 0 Å². The minimum atomic E-state index is -0.167. The summed E-state index contributed by atoms with van der Waals surface area (Å²) in [5.74, 6) is 0. The van der Waals surface area contributed by atoms with Gasteiger partial charge in [0.15, 0.2) is 0 Å². The molecule has 0 spiro atoms. The van der Waals surface area contributed by atoms with Crippen molar-refractivity contribution in [3.05, 3.63) is 0 Å². The van der Waals surface area contributed by atoms with Gasteiger partial charge in [0.2, 0.25) is 0 Å². The van der Waals surface area contributed by atoms with Crippen molar-refractivity contribution < 1.29 is 42.8 Å². The maximum Gasteiger partial charge on any atom is 0.0483 e. The topological polar surface area (TPSA) is 80.9 Å². The maximum atomic E-state index is 8.06. The van der Waals surface area contributed by atoms with Crippen LogP contribution in [0.25, 0.3) is 0 Å². The summed E-state index contributed by atoms with van der Waals surface area (Å²) < 4.78 is 0. The van der Waals surface area contributed by atoms with Crippen LogP contribution in [0.5, 0.6) is 0 Å². The van der Waals surface area contributed by atoms with Gasteiger partial charge in [-0.15, -0.1) is 0 Å². The zero-order chi connectivity index (χ0) is 14.3. The monoisotopic (exact) mass is 333 g/mol. The molecule has 0 saturated carbocycles. The fourth-order valence-corrected chi connectivity index (χ4v) is 0. The van der Waals surface area contributed by atoms with Crippen LogP contribution in [-0.2, 0) is 22.4 Å². The Morgan fingerprint density at radius 2 is 0.412 bits per heavy atom. The van der Waals surface area contributed by atoms with Gasteiger partial charge in [0.25, 0.3) is 0 Å². The van der Waals surface area contributed by atoms with Crippen molar-refractivity contribution in [2.24, 2.45) is 0 Å². The summed E-state index contributed by atoms with van der Waals surface area (Å²) in [7, 11) is 0. The molecule has 0 aliphatic rings. The molecule has 0 amide bonds. The molecule has 1 radical (unpaired) electrons. The second-order valence-electron chi connectivity index (χ2n) is 4.37. The zero-order valence-electron chi connectivity index (χ0n) is 12.5. The zero-order valence-corrected chi connectivity index (χ0v) is 14.7. The van der Waals surface area contributed by atoms with E-state index in [1.807, 2.05) is 0 Å². The van der Waals surface area contributed by atoms with E-state index in [9.17, 15) is 0 Å². The first-order valence-corrected chi connectivity index (χ1v) is 5.65. The second-order valence-corrected chi connectivity index (χ2v) is 4.37. The van der Waals surface area contributed by atoms with Crippen molar-refractivity contribution in [1.29, 1.82) is 0 Å². The van der Waals surface area contributed by atoms with Gasteiger partial charge in [-0.25, -0.2) is 0 Å². The van der Waals surface area contributed by atoms with Crippen molar-refractivity contribution >= 4 is 0 Å². The molecule has 0 bridgehead atoms. The summed E-state index contributed by atoms with van der Waals surface area (Å²) >= 11 is 0. The largest absolute Gasteiger partial charge is 0.394 e. The minimum Gasteiger partial charge on any atom is -0.394 e. The smallest absolute Gasteiger partial charge is 0.0483 e. The molecular formula is C12H32NbO4. The van der Waals surface area contributed by atoms with Gasteiger partial charge in [-0.2, -0.15) is 0 Å². The number of aliphatic hydroxyl groups excluding tert-OH is 4. The van der Waals surface area contributed by atoms with Crippen LogP contribution in [0.4, 0.5) is 0 Å².